The van der Waals surface area contributed by atoms with Crippen LogP contribution in [0, 0.1) is 11.8 Å². The van der Waals surface area contributed by atoms with Crippen molar-refractivity contribution >= 4 is 23.4 Å². The molecule has 1 aromatic carbocycles. The van der Waals surface area contributed by atoms with Crippen molar-refractivity contribution in [2.75, 3.05) is 19.6 Å². The number of fused-ring (bicyclic) bond motifs is 1. The molecule has 1 saturated carbocycles. The average Bonchev–Trinajstić information content (AvgIpc) is 2.99. The first kappa shape index (κ1) is 17.8. The first-order chi connectivity index (χ1) is 12.6. The Morgan fingerprint density at radius 2 is 2.04 bits per heavy atom. The minimum Gasteiger partial charge on any atom is -0.354 e. The van der Waals surface area contributed by atoms with Crippen LogP contribution in [0.2, 0.25) is 5.02 Å². The number of likely N-dealkylation sites (tertiary alicyclic amines) is 1. The van der Waals surface area contributed by atoms with Gasteiger partial charge in [-0.2, -0.15) is 0 Å². The Morgan fingerprint density at radius 3 is 2.77 bits per heavy atom. The third-order valence-electron chi connectivity index (χ3n) is 6.13. The standard InChI is InChI=1S/C20H26ClN3O2/c21-16-6-3-5-15(8-16)20(26)24-17-7-2-1-4-14(17)9-18(24)19(25)23-12-13-10-22-11-13/h3,5-6,8,13-14,17-18,22H,1-2,4,7,9-12H2,(H,23,25). The van der Waals surface area contributed by atoms with Crippen molar-refractivity contribution in [3.63, 3.8) is 0 Å². The molecule has 2 amide bonds. The van der Waals surface area contributed by atoms with Crippen molar-refractivity contribution in [2.45, 2.75) is 44.2 Å². The van der Waals surface area contributed by atoms with Crippen LogP contribution in [0.3, 0.4) is 0 Å². The van der Waals surface area contributed by atoms with Gasteiger partial charge >= 0.3 is 0 Å². The number of benzene rings is 1. The SMILES string of the molecule is O=C(NCC1CNC1)C1CC2CCCCC2N1C(=O)c1cccc(Cl)c1. The minimum atomic E-state index is -0.359. The molecule has 0 aromatic heterocycles. The quantitative estimate of drug-likeness (QED) is 0.849. The van der Waals surface area contributed by atoms with Gasteiger partial charge in [-0.3, -0.25) is 9.59 Å². The lowest BCUT2D eigenvalue weighted by Gasteiger charge is -2.34. The number of carbonyl (C=O) groups excluding carboxylic acids is 2. The summed E-state index contributed by atoms with van der Waals surface area (Å²) in [5.41, 5.74) is 0.574. The zero-order valence-electron chi connectivity index (χ0n) is 14.9. The van der Waals surface area contributed by atoms with Gasteiger partial charge in [0.2, 0.25) is 5.91 Å². The summed E-state index contributed by atoms with van der Waals surface area (Å²) in [6.07, 6.45) is 5.21. The number of amides is 2. The van der Waals surface area contributed by atoms with Gasteiger partial charge in [-0.15, -0.1) is 0 Å². The van der Waals surface area contributed by atoms with Crippen molar-refractivity contribution in [3.8, 4) is 0 Å². The van der Waals surface area contributed by atoms with Crippen LogP contribution in [0.25, 0.3) is 0 Å². The van der Waals surface area contributed by atoms with Crippen molar-refractivity contribution in [3.05, 3.63) is 34.9 Å². The Labute approximate surface area is 159 Å². The predicted molar refractivity (Wildman–Crippen MR) is 101 cm³/mol. The maximum atomic E-state index is 13.3. The Bertz CT molecular complexity index is 691. The van der Waals surface area contributed by atoms with E-state index in [1.807, 2.05) is 4.90 Å². The van der Waals surface area contributed by atoms with Gasteiger partial charge in [-0.1, -0.05) is 30.5 Å². The van der Waals surface area contributed by atoms with E-state index in [4.69, 9.17) is 11.6 Å². The molecule has 0 bridgehead atoms. The van der Waals surface area contributed by atoms with E-state index in [-0.39, 0.29) is 23.9 Å². The van der Waals surface area contributed by atoms with Gasteiger partial charge in [-0.25, -0.2) is 0 Å². The highest BCUT2D eigenvalue weighted by Gasteiger charge is 2.47. The zero-order valence-corrected chi connectivity index (χ0v) is 15.7. The van der Waals surface area contributed by atoms with Crippen LogP contribution in [0.15, 0.2) is 24.3 Å². The van der Waals surface area contributed by atoms with Crippen molar-refractivity contribution in [2.24, 2.45) is 11.8 Å². The summed E-state index contributed by atoms with van der Waals surface area (Å²) in [5.74, 6) is 0.891. The van der Waals surface area contributed by atoms with E-state index in [9.17, 15) is 9.59 Å². The Kier molecular flexibility index (Phi) is 5.18. The van der Waals surface area contributed by atoms with Crippen molar-refractivity contribution in [1.82, 2.24) is 15.5 Å². The van der Waals surface area contributed by atoms with Gasteiger partial charge in [0.1, 0.15) is 6.04 Å². The molecule has 3 aliphatic rings. The monoisotopic (exact) mass is 375 g/mol. The number of nitrogens with zero attached hydrogens (tertiary/aromatic N) is 1. The Morgan fingerprint density at radius 1 is 1.23 bits per heavy atom. The number of hydrogen-bond acceptors (Lipinski definition) is 3. The van der Waals surface area contributed by atoms with Crippen LogP contribution in [0.5, 0.6) is 0 Å². The maximum absolute atomic E-state index is 13.3. The molecule has 1 aliphatic carbocycles. The Hall–Kier alpha value is -1.59. The van der Waals surface area contributed by atoms with Crippen molar-refractivity contribution in [1.29, 1.82) is 0 Å². The topological polar surface area (TPSA) is 61.4 Å². The van der Waals surface area contributed by atoms with Crippen LogP contribution in [-0.4, -0.2) is 48.4 Å². The predicted octanol–water partition coefficient (Wildman–Crippen LogP) is 2.45. The summed E-state index contributed by atoms with van der Waals surface area (Å²) in [6, 6.07) is 6.87. The van der Waals surface area contributed by atoms with E-state index < -0.39 is 0 Å². The lowest BCUT2D eigenvalue weighted by atomic mass is 9.84. The van der Waals surface area contributed by atoms with Crippen LogP contribution in [-0.2, 0) is 4.79 Å². The van der Waals surface area contributed by atoms with Gasteiger partial charge in [0.05, 0.1) is 0 Å². The highest BCUT2D eigenvalue weighted by Crippen LogP contribution is 2.40. The van der Waals surface area contributed by atoms with Crippen molar-refractivity contribution < 1.29 is 9.59 Å². The zero-order chi connectivity index (χ0) is 18.1. The van der Waals surface area contributed by atoms with E-state index in [2.05, 4.69) is 10.6 Å². The number of rotatable bonds is 4. The fourth-order valence-electron chi connectivity index (χ4n) is 4.61. The molecule has 1 aromatic rings. The number of hydrogen-bond donors (Lipinski definition) is 2. The first-order valence-corrected chi connectivity index (χ1v) is 10.1. The number of halogens is 1. The molecule has 4 rings (SSSR count). The molecule has 6 heteroatoms. The second-order valence-corrected chi connectivity index (χ2v) is 8.29. The summed E-state index contributed by atoms with van der Waals surface area (Å²) in [6.45, 7) is 2.61. The molecule has 5 nitrogen and oxygen atoms in total. The van der Waals surface area contributed by atoms with Crippen LogP contribution < -0.4 is 10.6 Å². The third-order valence-corrected chi connectivity index (χ3v) is 6.36. The largest absolute Gasteiger partial charge is 0.354 e. The molecule has 2 aliphatic heterocycles. The summed E-state index contributed by atoms with van der Waals surface area (Å²) in [7, 11) is 0. The summed E-state index contributed by atoms with van der Waals surface area (Å²) >= 11 is 6.08. The fraction of sp³-hybridized carbons (Fsp3) is 0.600. The molecule has 2 saturated heterocycles. The smallest absolute Gasteiger partial charge is 0.254 e. The molecule has 0 radical (unpaired) electrons. The molecular weight excluding hydrogens is 350 g/mol. The highest BCUT2D eigenvalue weighted by molar-refractivity contribution is 6.31. The van der Waals surface area contributed by atoms with E-state index in [1.165, 1.54) is 6.42 Å². The second-order valence-electron chi connectivity index (χ2n) is 7.86. The molecular formula is C20H26ClN3O2. The van der Waals surface area contributed by atoms with Crippen LogP contribution in [0.1, 0.15) is 42.5 Å². The molecule has 140 valence electrons. The Balaban J connectivity index is 1.54. The number of carbonyl (C=O) groups is 2. The van der Waals surface area contributed by atoms with Gasteiger partial charge in [0.25, 0.3) is 5.91 Å². The van der Waals surface area contributed by atoms with Gasteiger partial charge in [0, 0.05) is 42.2 Å². The minimum absolute atomic E-state index is 0.00155. The number of nitrogens with one attached hydrogen (secondary N) is 2. The second kappa shape index (κ2) is 7.57. The lowest BCUT2D eigenvalue weighted by Crippen LogP contribution is -2.53. The highest BCUT2D eigenvalue weighted by atomic mass is 35.5. The third kappa shape index (κ3) is 3.47. The van der Waals surface area contributed by atoms with E-state index in [0.717, 1.165) is 38.8 Å². The molecule has 3 unspecified atom stereocenters. The summed E-state index contributed by atoms with van der Waals surface area (Å²) in [5, 5.41) is 6.86. The van der Waals surface area contributed by atoms with Gasteiger partial charge in [0.15, 0.2) is 0 Å². The molecule has 2 N–H and O–H groups in total. The average molecular weight is 376 g/mol. The first-order valence-electron chi connectivity index (χ1n) is 9.70. The fourth-order valence-corrected chi connectivity index (χ4v) is 4.80. The lowest BCUT2D eigenvalue weighted by molar-refractivity contribution is -0.125. The maximum Gasteiger partial charge on any atom is 0.254 e. The summed E-state index contributed by atoms with van der Waals surface area (Å²) < 4.78 is 0. The molecule has 26 heavy (non-hydrogen) atoms. The van der Waals surface area contributed by atoms with E-state index in [1.54, 1.807) is 24.3 Å². The van der Waals surface area contributed by atoms with Crippen LogP contribution in [0.4, 0.5) is 0 Å². The summed E-state index contributed by atoms with van der Waals surface area (Å²) in [4.78, 5) is 28.0. The van der Waals surface area contributed by atoms with E-state index >= 15 is 0 Å². The van der Waals surface area contributed by atoms with Crippen LogP contribution >= 0.6 is 11.6 Å². The molecule has 3 fully saturated rings. The van der Waals surface area contributed by atoms with Gasteiger partial charge < -0.3 is 15.5 Å². The normalized spacial score (nSPS) is 28.3. The van der Waals surface area contributed by atoms with E-state index in [0.29, 0.717) is 29.0 Å². The molecule has 2 heterocycles. The molecule has 0 spiro atoms. The van der Waals surface area contributed by atoms with Gasteiger partial charge in [-0.05, 0) is 43.4 Å². The molecule has 3 atom stereocenters.